The van der Waals surface area contributed by atoms with Crippen molar-refractivity contribution in [3.8, 4) is 0 Å². The maximum absolute atomic E-state index is 12.8. The summed E-state index contributed by atoms with van der Waals surface area (Å²) in [6.45, 7) is 3.51. The van der Waals surface area contributed by atoms with Gasteiger partial charge in [0, 0.05) is 23.8 Å². The number of hydrogen-bond donors (Lipinski definition) is 1. The quantitative estimate of drug-likeness (QED) is 0.680. The molecule has 0 aromatic heterocycles. The van der Waals surface area contributed by atoms with E-state index in [2.05, 4.69) is 5.32 Å². The molecule has 0 atom stereocenters. The molecule has 0 aliphatic carbocycles. The number of anilines is 1. The predicted molar refractivity (Wildman–Crippen MR) is 108 cm³/mol. The van der Waals surface area contributed by atoms with Gasteiger partial charge in [0.1, 0.15) is 0 Å². The molecule has 0 fully saturated rings. The molecule has 0 bridgehead atoms. The molecule has 29 heavy (non-hydrogen) atoms. The molecule has 4 nitrogen and oxygen atoms in total. The van der Waals surface area contributed by atoms with Crippen LogP contribution in [0.1, 0.15) is 22.3 Å². The zero-order valence-electron chi connectivity index (χ0n) is 16.1. The Morgan fingerprint density at radius 2 is 1.76 bits per heavy atom. The lowest BCUT2D eigenvalue weighted by Gasteiger charge is -2.17. The number of amides is 2. The van der Waals surface area contributed by atoms with E-state index < -0.39 is 17.6 Å². The minimum atomic E-state index is -4.51. The van der Waals surface area contributed by atoms with Crippen molar-refractivity contribution in [3.63, 3.8) is 0 Å². The van der Waals surface area contributed by atoms with E-state index in [-0.39, 0.29) is 23.0 Å². The number of carbonyl (C=O) groups is 2. The van der Waals surface area contributed by atoms with Crippen molar-refractivity contribution in [1.29, 1.82) is 0 Å². The summed E-state index contributed by atoms with van der Waals surface area (Å²) in [5, 5.41) is 2.85. The molecule has 2 amide bonds. The molecule has 2 aromatic carbocycles. The third-order valence-corrected chi connectivity index (χ3v) is 4.58. The summed E-state index contributed by atoms with van der Waals surface area (Å²) in [6.07, 6.45) is -2.24. The van der Waals surface area contributed by atoms with Crippen LogP contribution in [0.4, 0.5) is 18.9 Å². The fourth-order valence-electron chi connectivity index (χ4n) is 2.62. The predicted octanol–water partition coefficient (Wildman–Crippen LogP) is 5.09. The fraction of sp³-hybridized carbons (Fsp3) is 0.238. The third-order valence-electron chi connectivity index (χ3n) is 4.23. The number of nitrogens with zero attached hydrogens (tertiary/aromatic N) is 1. The summed E-state index contributed by atoms with van der Waals surface area (Å²) in [6, 6.07) is 8.44. The van der Waals surface area contributed by atoms with Gasteiger partial charge in [-0.25, -0.2) is 0 Å². The Kier molecular flexibility index (Phi) is 7.08. The molecule has 0 saturated heterocycles. The largest absolute Gasteiger partial charge is 0.416 e. The fourth-order valence-corrected chi connectivity index (χ4v) is 2.80. The normalized spacial score (nSPS) is 11.6. The highest BCUT2D eigenvalue weighted by molar-refractivity contribution is 6.32. The summed E-state index contributed by atoms with van der Waals surface area (Å²) in [7, 11) is 1.42. The monoisotopic (exact) mass is 424 g/mol. The van der Waals surface area contributed by atoms with Crippen LogP contribution in [-0.2, 0) is 15.8 Å². The molecule has 0 aliphatic heterocycles. The average Bonchev–Trinajstić information content (AvgIpc) is 2.62. The first kappa shape index (κ1) is 22.5. The molecule has 2 rings (SSSR count). The first-order valence-corrected chi connectivity index (χ1v) is 9.03. The standard InChI is InChI=1S/C21H20ClF3N2O2/c1-13-5-4-6-14(2)20(13)26-18(28)12-27(3)19(29)10-7-15-11-16(21(23,24)25)8-9-17(15)22/h4-11H,12H2,1-3H3,(H,26,28)/b10-7+. The smallest absolute Gasteiger partial charge is 0.333 e. The lowest BCUT2D eigenvalue weighted by molar-refractivity contribution is -0.137. The molecule has 8 heteroatoms. The van der Waals surface area contributed by atoms with Gasteiger partial charge in [0.2, 0.25) is 11.8 Å². The van der Waals surface area contributed by atoms with Crippen LogP contribution in [0.5, 0.6) is 0 Å². The topological polar surface area (TPSA) is 49.4 Å². The molecular weight excluding hydrogens is 405 g/mol. The van der Waals surface area contributed by atoms with Gasteiger partial charge in [-0.15, -0.1) is 0 Å². The summed E-state index contributed by atoms with van der Waals surface area (Å²) < 4.78 is 38.5. The highest BCUT2D eigenvalue weighted by Gasteiger charge is 2.30. The zero-order chi connectivity index (χ0) is 21.8. The van der Waals surface area contributed by atoms with Crippen molar-refractivity contribution in [3.05, 3.63) is 69.8 Å². The molecule has 2 aromatic rings. The summed E-state index contributed by atoms with van der Waals surface area (Å²) >= 11 is 5.91. The highest BCUT2D eigenvalue weighted by Crippen LogP contribution is 2.32. The first-order chi connectivity index (χ1) is 13.5. The van der Waals surface area contributed by atoms with E-state index >= 15 is 0 Å². The van der Waals surface area contributed by atoms with Crippen LogP contribution in [0.25, 0.3) is 6.08 Å². The number of rotatable bonds is 5. The highest BCUT2D eigenvalue weighted by atomic mass is 35.5. The van der Waals surface area contributed by atoms with Crippen LogP contribution in [0.3, 0.4) is 0 Å². The van der Waals surface area contributed by atoms with Gasteiger partial charge in [0.25, 0.3) is 0 Å². The van der Waals surface area contributed by atoms with Crippen molar-refractivity contribution >= 4 is 35.2 Å². The number of para-hydroxylation sites is 1. The number of nitrogens with one attached hydrogen (secondary N) is 1. The Morgan fingerprint density at radius 3 is 2.34 bits per heavy atom. The van der Waals surface area contributed by atoms with E-state index in [0.717, 1.165) is 40.3 Å². The number of halogens is 4. The Bertz CT molecular complexity index is 935. The first-order valence-electron chi connectivity index (χ1n) is 8.65. The van der Waals surface area contributed by atoms with Gasteiger partial charge in [-0.3, -0.25) is 9.59 Å². The van der Waals surface area contributed by atoms with Crippen molar-refractivity contribution in [2.75, 3.05) is 18.9 Å². The molecule has 0 saturated carbocycles. The van der Waals surface area contributed by atoms with Crippen molar-refractivity contribution in [2.24, 2.45) is 0 Å². The van der Waals surface area contributed by atoms with Crippen LogP contribution in [0, 0.1) is 13.8 Å². The van der Waals surface area contributed by atoms with Gasteiger partial charge in [-0.05, 0) is 54.8 Å². The van der Waals surface area contributed by atoms with Crippen molar-refractivity contribution in [1.82, 2.24) is 4.90 Å². The van der Waals surface area contributed by atoms with E-state index in [9.17, 15) is 22.8 Å². The summed E-state index contributed by atoms with van der Waals surface area (Å²) in [4.78, 5) is 25.6. The molecule has 0 unspecified atom stereocenters. The maximum atomic E-state index is 12.8. The Hall–Kier alpha value is -2.80. The molecule has 1 N–H and O–H groups in total. The van der Waals surface area contributed by atoms with E-state index in [0.29, 0.717) is 5.69 Å². The Balaban J connectivity index is 2.04. The maximum Gasteiger partial charge on any atom is 0.416 e. The number of likely N-dealkylation sites (N-methyl/N-ethyl adjacent to an activating group) is 1. The number of hydrogen-bond acceptors (Lipinski definition) is 2. The van der Waals surface area contributed by atoms with E-state index in [1.165, 1.54) is 13.1 Å². The second kappa shape index (κ2) is 9.13. The molecule has 154 valence electrons. The van der Waals surface area contributed by atoms with Gasteiger partial charge in [0.15, 0.2) is 0 Å². The number of benzene rings is 2. The van der Waals surface area contributed by atoms with Gasteiger partial charge < -0.3 is 10.2 Å². The van der Waals surface area contributed by atoms with Gasteiger partial charge in [-0.2, -0.15) is 13.2 Å². The Morgan fingerprint density at radius 1 is 1.14 bits per heavy atom. The Labute approximate surface area is 172 Å². The van der Waals surface area contributed by atoms with Crippen LogP contribution < -0.4 is 5.32 Å². The van der Waals surface area contributed by atoms with Crippen molar-refractivity contribution in [2.45, 2.75) is 20.0 Å². The van der Waals surface area contributed by atoms with E-state index in [4.69, 9.17) is 11.6 Å². The van der Waals surface area contributed by atoms with Crippen LogP contribution in [0.2, 0.25) is 5.02 Å². The lowest BCUT2D eigenvalue weighted by Crippen LogP contribution is -2.34. The number of alkyl halides is 3. The molecular formula is C21H20ClF3N2O2. The SMILES string of the molecule is Cc1cccc(C)c1NC(=O)CN(C)C(=O)/C=C/c1cc(C(F)(F)F)ccc1Cl. The van der Waals surface area contributed by atoms with E-state index in [1.807, 2.05) is 32.0 Å². The second-order valence-corrected chi connectivity index (χ2v) is 6.98. The molecule has 0 radical (unpaired) electrons. The summed E-state index contributed by atoms with van der Waals surface area (Å²) in [5.41, 5.74) is 1.67. The molecule has 0 heterocycles. The van der Waals surface area contributed by atoms with Gasteiger partial charge in [-0.1, -0.05) is 29.8 Å². The average molecular weight is 425 g/mol. The summed E-state index contributed by atoms with van der Waals surface area (Å²) in [5.74, 6) is -0.932. The van der Waals surface area contributed by atoms with Gasteiger partial charge >= 0.3 is 6.18 Å². The van der Waals surface area contributed by atoms with Crippen LogP contribution in [-0.4, -0.2) is 30.3 Å². The number of aryl methyl sites for hydroxylation is 2. The van der Waals surface area contributed by atoms with Crippen molar-refractivity contribution < 1.29 is 22.8 Å². The van der Waals surface area contributed by atoms with Crippen LogP contribution >= 0.6 is 11.6 Å². The molecule has 0 spiro atoms. The number of carbonyl (C=O) groups excluding carboxylic acids is 2. The second-order valence-electron chi connectivity index (χ2n) is 6.58. The minimum absolute atomic E-state index is 0.0585. The third kappa shape index (κ3) is 6.09. The lowest BCUT2D eigenvalue weighted by atomic mass is 10.1. The van der Waals surface area contributed by atoms with Gasteiger partial charge in [0.05, 0.1) is 12.1 Å². The zero-order valence-corrected chi connectivity index (χ0v) is 16.9. The molecule has 0 aliphatic rings. The van der Waals surface area contributed by atoms with E-state index in [1.54, 1.807) is 0 Å². The minimum Gasteiger partial charge on any atom is -0.333 e. The van der Waals surface area contributed by atoms with Crippen LogP contribution in [0.15, 0.2) is 42.5 Å².